The van der Waals surface area contributed by atoms with Crippen molar-refractivity contribution < 1.29 is 14.3 Å². The lowest BCUT2D eigenvalue weighted by atomic mass is 10.2. The second-order valence-corrected chi connectivity index (χ2v) is 6.28. The topological polar surface area (TPSA) is 65.1 Å². The van der Waals surface area contributed by atoms with Gasteiger partial charge in [-0.2, -0.15) is 0 Å². The maximum absolute atomic E-state index is 12.1. The molecule has 138 valence electrons. The van der Waals surface area contributed by atoms with E-state index in [1.165, 1.54) is 0 Å². The van der Waals surface area contributed by atoms with Crippen LogP contribution in [0.1, 0.15) is 17.3 Å². The highest BCUT2D eigenvalue weighted by molar-refractivity contribution is 5.89. The molecule has 1 fully saturated rings. The molecule has 0 spiro atoms. The zero-order valence-corrected chi connectivity index (χ0v) is 15.3. The first-order valence-corrected chi connectivity index (χ1v) is 8.71. The van der Waals surface area contributed by atoms with Gasteiger partial charge in [0.2, 0.25) is 0 Å². The van der Waals surface area contributed by atoms with Gasteiger partial charge in [-0.25, -0.2) is 9.59 Å². The molecule has 1 aromatic rings. The monoisotopic (exact) mass is 348 g/mol. The largest absolute Gasteiger partial charge is 0.462 e. The van der Waals surface area contributed by atoms with Crippen molar-refractivity contribution in [3.63, 3.8) is 0 Å². The van der Waals surface area contributed by atoms with Gasteiger partial charge >= 0.3 is 12.0 Å². The standard InChI is InChI=1S/C18H28N4O3/c1-4-25-17(23)15-5-7-16(8-6-15)21-11-13-22(14-12-21)18(24)19-9-10-20(2)3/h5-8H,4,9-14H2,1-3H3,(H,19,24). The number of likely N-dealkylation sites (N-methyl/N-ethyl adjacent to an activating group) is 1. The molecule has 7 nitrogen and oxygen atoms in total. The Morgan fingerprint density at radius 1 is 1.12 bits per heavy atom. The minimum Gasteiger partial charge on any atom is -0.462 e. The average molecular weight is 348 g/mol. The lowest BCUT2D eigenvalue weighted by molar-refractivity contribution is 0.0526. The molecule has 1 heterocycles. The van der Waals surface area contributed by atoms with Crippen molar-refractivity contribution in [2.45, 2.75) is 6.92 Å². The average Bonchev–Trinajstić information content (AvgIpc) is 2.62. The van der Waals surface area contributed by atoms with Crippen LogP contribution in [0.5, 0.6) is 0 Å². The molecule has 0 saturated carbocycles. The van der Waals surface area contributed by atoms with Crippen LogP contribution < -0.4 is 10.2 Å². The van der Waals surface area contributed by atoms with E-state index in [2.05, 4.69) is 10.2 Å². The SMILES string of the molecule is CCOC(=O)c1ccc(N2CCN(C(=O)NCCN(C)C)CC2)cc1. The van der Waals surface area contributed by atoms with Gasteiger partial charge in [-0.05, 0) is 45.3 Å². The summed E-state index contributed by atoms with van der Waals surface area (Å²) in [6.07, 6.45) is 0. The quantitative estimate of drug-likeness (QED) is 0.784. The molecule has 1 saturated heterocycles. The molecular formula is C18H28N4O3. The number of amides is 2. The maximum atomic E-state index is 12.1. The molecule has 0 aromatic heterocycles. The Morgan fingerprint density at radius 2 is 1.76 bits per heavy atom. The van der Waals surface area contributed by atoms with Crippen molar-refractivity contribution in [1.82, 2.24) is 15.1 Å². The Balaban J connectivity index is 1.81. The molecule has 7 heteroatoms. The fraction of sp³-hybridized carbons (Fsp3) is 0.556. The second-order valence-electron chi connectivity index (χ2n) is 6.28. The van der Waals surface area contributed by atoms with E-state index in [1.807, 2.05) is 36.0 Å². The number of carbonyl (C=O) groups excluding carboxylic acids is 2. The Kier molecular flexibility index (Phi) is 7.06. The predicted molar refractivity (Wildman–Crippen MR) is 98.1 cm³/mol. The van der Waals surface area contributed by atoms with Crippen LogP contribution in [0.25, 0.3) is 0 Å². The van der Waals surface area contributed by atoms with Gasteiger partial charge in [-0.15, -0.1) is 0 Å². The van der Waals surface area contributed by atoms with Crippen molar-refractivity contribution in [2.75, 3.05) is 64.9 Å². The Hall–Kier alpha value is -2.28. The number of piperazine rings is 1. The molecule has 1 aromatic carbocycles. The summed E-state index contributed by atoms with van der Waals surface area (Å²) < 4.78 is 4.99. The van der Waals surface area contributed by atoms with Crippen molar-refractivity contribution in [3.05, 3.63) is 29.8 Å². The number of nitrogens with one attached hydrogen (secondary N) is 1. The van der Waals surface area contributed by atoms with E-state index >= 15 is 0 Å². The number of rotatable bonds is 6. The first-order chi connectivity index (χ1) is 12.0. The number of benzene rings is 1. The summed E-state index contributed by atoms with van der Waals surface area (Å²) in [4.78, 5) is 29.9. The third kappa shape index (κ3) is 5.63. The highest BCUT2D eigenvalue weighted by Gasteiger charge is 2.21. The number of anilines is 1. The van der Waals surface area contributed by atoms with Crippen LogP contribution in [0.15, 0.2) is 24.3 Å². The van der Waals surface area contributed by atoms with E-state index in [1.54, 1.807) is 19.1 Å². The molecule has 0 radical (unpaired) electrons. The fourth-order valence-electron chi connectivity index (χ4n) is 2.69. The second kappa shape index (κ2) is 9.27. The lowest BCUT2D eigenvalue weighted by Gasteiger charge is -2.36. The minimum absolute atomic E-state index is 0.000779. The van der Waals surface area contributed by atoms with Crippen LogP contribution in [-0.4, -0.2) is 81.8 Å². The molecule has 2 amide bonds. The summed E-state index contributed by atoms with van der Waals surface area (Å²) in [6, 6.07) is 7.43. The van der Waals surface area contributed by atoms with Gasteiger partial charge in [0.05, 0.1) is 12.2 Å². The Labute approximate surface area is 149 Å². The summed E-state index contributed by atoms with van der Waals surface area (Å²) in [6.45, 7) is 6.59. The first kappa shape index (κ1) is 19.1. The van der Waals surface area contributed by atoms with Crippen LogP contribution in [0.4, 0.5) is 10.5 Å². The molecule has 0 unspecified atom stereocenters. The number of urea groups is 1. The van der Waals surface area contributed by atoms with Crippen LogP contribution in [0, 0.1) is 0 Å². The van der Waals surface area contributed by atoms with Crippen LogP contribution in [0.3, 0.4) is 0 Å². The molecular weight excluding hydrogens is 320 g/mol. The predicted octanol–water partition coefficient (Wildman–Crippen LogP) is 1.26. The van der Waals surface area contributed by atoms with E-state index in [9.17, 15) is 9.59 Å². The number of carbonyl (C=O) groups is 2. The summed E-state index contributed by atoms with van der Waals surface area (Å²) in [5, 5.41) is 2.95. The molecule has 0 atom stereocenters. The molecule has 25 heavy (non-hydrogen) atoms. The van der Waals surface area contributed by atoms with E-state index in [0.29, 0.717) is 31.8 Å². The number of ether oxygens (including phenoxy) is 1. The Bertz CT molecular complexity index is 566. The van der Waals surface area contributed by atoms with Crippen molar-refractivity contribution in [2.24, 2.45) is 0 Å². The van der Waals surface area contributed by atoms with Crippen LogP contribution in [-0.2, 0) is 4.74 Å². The molecule has 1 N–H and O–H groups in total. The van der Waals surface area contributed by atoms with Crippen LogP contribution in [0.2, 0.25) is 0 Å². The van der Waals surface area contributed by atoms with Gasteiger partial charge in [-0.3, -0.25) is 0 Å². The van der Waals surface area contributed by atoms with E-state index in [-0.39, 0.29) is 12.0 Å². The zero-order chi connectivity index (χ0) is 18.2. The summed E-state index contributed by atoms with van der Waals surface area (Å²) in [5.74, 6) is -0.298. The fourth-order valence-corrected chi connectivity index (χ4v) is 2.69. The van der Waals surface area contributed by atoms with Crippen molar-refractivity contribution in [1.29, 1.82) is 0 Å². The summed E-state index contributed by atoms with van der Waals surface area (Å²) in [7, 11) is 3.97. The first-order valence-electron chi connectivity index (χ1n) is 8.71. The third-order valence-corrected chi connectivity index (χ3v) is 4.15. The smallest absolute Gasteiger partial charge is 0.338 e. The Morgan fingerprint density at radius 3 is 2.32 bits per heavy atom. The maximum Gasteiger partial charge on any atom is 0.338 e. The number of esters is 1. The van der Waals surface area contributed by atoms with E-state index in [4.69, 9.17) is 4.74 Å². The minimum atomic E-state index is -0.298. The zero-order valence-electron chi connectivity index (χ0n) is 15.3. The summed E-state index contributed by atoms with van der Waals surface area (Å²) in [5.41, 5.74) is 1.62. The molecule has 0 bridgehead atoms. The molecule has 1 aliphatic heterocycles. The lowest BCUT2D eigenvalue weighted by Crippen LogP contribution is -2.52. The molecule has 1 aliphatic rings. The van der Waals surface area contributed by atoms with Crippen LogP contribution >= 0.6 is 0 Å². The van der Waals surface area contributed by atoms with Crippen molar-refractivity contribution >= 4 is 17.7 Å². The van der Waals surface area contributed by atoms with E-state index < -0.39 is 0 Å². The number of hydrogen-bond acceptors (Lipinski definition) is 5. The summed E-state index contributed by atoms with van der Waals surface area (Å²) >= 11 is 0. The van der Waals surface area contributed by atoms with Gasteiger partial charge in [-0.1, -0.05) is 0 Å². The third-order valence-electron chi connectivity index (χ3n) is 4.15. The number of hydrogen-bond donors (Lipinski definition) is 1. The van der Waals surface area contributed by atoms with Crippen molar-refractivity contribution in [3.8, 4) is 0 Å². The van der Waals surface area contributed by atoms with Gasteiger partial charge in [0, 0.05) is 45.0 Å². The van der Waals surface area contributed by atoms with Gasteiger partial charge in [0.25, 0.3) is 0 Å². The molecule has 2 rings (SSSR count). The molecule has 0 aliphatic carbocycles. The van der Waals surface area contributed by atoms with Gasteiger partial charge in [0.15, 0.2) is 0 Å². The van der Waals surface area contributed by atoms with Gasteiger partial charge < -0.3 is 24.8 Å². The normalized spacial score (nSPS) is 14.6. The van der Waals surface area contributed by atoms with Gasteiger partial charge in [0.1, 0.15) is 0 Å². The number of nitrogens with zero attached hydrogens (tertiary/aromatic N) is 3. The highest BCUT2D eigenvalue weighted by Crippen LogP contribution is 2.18. The van der Waals surface area contributed by atoms with E-state index in [0.717, 1.165) is 25.3 Å². The highest BCUT2D eigenvalue weighted by atomic mass is 16.5.